The lowest BCUT2D eigenvalue weighted by molar-refractivity contribution is -0.124. The molecule has 2 N–H and O–H groups in total. The van der Waals surface area contributed by atoms with Crippen LogP contribution in [0.4, 0.5) is 0 Å². The summed E-state index contributed by atoms with van der Waals surface area (Å²) in [7, 11) is 0. The van der Waals surface area contributed by atoms with Gasteiger partial charge in [0.2, 0.25) is 5.91 Å². The Balaban J connectivity index is 2.35. The van der Waals surface area contributed by atoms with Crippen LogP contribution in [0.1, 0.15) is 66.2 Å². The van der Waals surface area contributed by atoms with E-state index in [0.717, 1.165) is 19.3 Å². The summed E-state index contributed by atoms with van der Waals surface area (Å²) < 4.78 is 0. The summed E-state index contributed by atoms with van der Waals surface area (Å²) in [4.78, 5) is 12.0. The molecule has 100 valence electrons. The van der Waals surface area contributed by atoms with Crippen LogP contribution in [0.2, 0.25) is 0 Å². The maximum Gasteiger partial charge on any atom is 0.237 e. The van der Waals surface area contributed by atoms with E-state index in [1.807, 2.05) is 6.92 Å². The number of rotatable bonds is 5. The molecule has 1 saturated carbocycles. The zero-order valence-corrected chi connectivity index (χ0v) is 11.8. The molecule has 17 heavy (non-hydrogen) atoms. The quantitative estimate of drug-likeness (QED) is 0.775. The Morgan fingerprint density at radius 3 is 2.41 bits per heavy atom. The van der Waals surface area contributed by atoms with Crippen LogP contribution < -0.4 is 10.6 Å². The second-order valence-electron chi connectivity index (χ2n) is 5.95. The van der Waals surface area contributed by atoms with E-state index in [2.05, 4.69) is 31.4 Å². The lowest BCUT2D eigenvalue weighted by Crippen LogP contribution is -2.53. The molecule has 0 bridgehead atoms. The number of hydrogen-bond acceptors (Lipinski definition) is 2. The van der Waals surface area contributed by atoms with Gasteiger partial charge in [-0.1, -0.05) is 26.2 Å². The minimum absolute atomic E-state index is 0.0311. The van der Waals surface area contributed by atoms with Crippen LogP contribution in [-0.2, 0) is 4.79 Å². The third kappa shape index (κ3) is 5.07. The molecule has 0 saturated heterocycles. The molecule has 0 aromatic rings. The van der Waals surface area contributed by atoms with E-state index in [1.165, 1.54) is 19.3 Å². The first-order valence-corrected chi connectivity index (χ1v) is 7.02. The molecular formula is C14H28N2O. The Labute approximate surface area is 106 Å². The number of carbonyl (C=O) groups excluding carboxylic acids is 1. The summed E-state index contributed by atoms with van der Waals surface area (Å²) >= 11 is 0. The largest absolute Gasteiger partial charge is 0.352 e. The Bertz CT molecular complexity index is 245. The highest BCUT2D eigenvalue weighted by atomic mass is 16.2. The predicted molar refractivity (Wildman–Crippen MR) is 72.0 cm³/mol. The zero-order chi connectivity index (χ0) is 12.9. The topological polar surface area (TPSA) is 41.1 Å². The minimum Gasteiger partial charge on any atom is -0.352 e. The van der Waals surface area contributed by atoms with E-state index in [0.29, 0.717) is 6.04 Å². The first-order valence-electron chi connectivity index (χ1n) is 7.02. The highest BCUT2D eigenvalue weighted by Crippen LogP contribution is 2.17. The van der Waals surface area contributed by atoms with Crippen LogP contribution in [0.15, 0.2) is 0 Å². The molecule has 0 heterocycles. The average molecular weight is 240 g/mol. The molecule has 1 fully saturated rings. The molecule has 1 unspecified atom stereocenters. The van der Waals surface area contributed by atoms with E-state index < -0.39 is 0 Å². The summed E-state index contributed by atoms with van der Waals surface area (Å²) in [6.07, 6.45) is 7.16. The Morgan fingerprint density at radius 2 is 1.88 bits per heavy atom. The highest BCUT2D eigenvalue weighted by Gasteiger charge is 2.24. The molecule has 0 aromatic heterocycles. The van der Waals surface area contributed by atoms with Gasteiger partial charge in [0.15, 0.2) is 0 Å². The number of hydrogen-bond donors (Lipinski definition) is 2. The third-order valence-electron chi connectivity index (χ3n) is 3.84. The monoisotopic (exact) mass is 240 g/mol. The summed E-state index contributed by atoms with van der Waals surface area (Å²) in [5.74, 6) is 0.151. The first kappa shape index (κ1) is 14.5. The van der Waals surface area contributed by atoms with Gasteiger partial charge in [-0.05, 0) is 40.0 Å². The Kier molecular flexibility index (Phi) is 5.44. The van der Waals surface area contributed by atoms with Crippen LogP contribution in [0.3, 0.4) is 0 Å². The van der Waals surface area contributed by atoms with Gasteiger partial charge in [-0.15, -0.1) is 0 Å². The van der Waals surface area contributed by atoms with Crippen molar-refractivity contribution in [1.29, 1.82) is 0 Å². The lowest BCUT2D eigenvalue weighted by Gasteiger charge is -2.30. The fourth-order valence-corrected chi connectivity index (χ4v) is 2.33. The average Bonchev–Trinajstić information content (AvgIpc) is 2.30. The van der Waals surface area contributed by atoms with E-state index >= 15 is 0 Å². The fraction of sp³-hybridized carbons (Fsp3) is 0.929. The van der Waals surface area contributed by atoms with Gasteiger partial charge in [-0.2, -0.15) is 0 Å². The summed E-state index contributed by atoms with van der Waals surface area (Å²) in [5, 5.41) is 6.55. The van der Waals surface area contributed by atoms with Gasteiger partial charge in [-0.25, -0.2) is 0 Å². The van der Waals surface area contributed by atoms with Gasteiger partial charge in [0.05, 0.1) is 6.04 Å². The highest BCUT2D eigenvalue weighted by molar-refractivity contribution is 5.81. The zero-order valence-electron chi connectivity index (χ0n) is 11.8. The van der Waals surface area contributed by atoms with Crippen LogP contribution in [0.25, 0.3) is 0 Å². The molecule has 1 aliphatic carbocycles. The van der Waals surface area contributed by atoms with Crippen molar-refractivity contribution in [3.8, 4) is 0 Å². The second-order valence-corrected chi connectivity index (χ2v) is 5.95. The molecule has 0 spiro atoms. The van der Waals surface area contributed by atoms with E-state index in [9.17, 15) is 4.79 Å². The molecule has 0 radical (unpaired) electrons. The van der Waals surface area contributed by atoms with Crippen LogP contribution in [0, 0.1) is 0 Å². The van der Waals surface area contributed by atoms with Crippen molar-refractivity contribution >= 4 is 5.91 Å². The molecule has 1 aliphatic rings. The van der Waals surface area contributed by atoms with Gasteiger partial charge in [0.1, 0.15) is 0 Å². The molecular weight excluding hydrogens is 212 g/mol. The molecule has 1 amide bonds. The van der Waals surface area contributed by atoms with Crippen molar-refractivity contribution in [2.75, 3.05) is 0 Å². The van der Waals surface area contributed by atoms with Crippen molar-refractivity contribution < 1.29 is 4.79 Å². The van der Waals surface area contributed by atoms with Crippen LogP contribution >= 0.6 is 0 Å². The number of carbonyl (C=O) groups is 1. The van der Waals surface area contributed by atoms with Crippen molar-refractivity contribution in [2.24, 2.45) is 0 Å². The van der Waals surface area contributed by atoms with E-state index in [-0.39, 0.29) is 17.5 Å². The smallest absolute Gasteiger partial charge is 0.237 e. The van der Waals surface area contributed by atoms with Crippen LogP contribution in [-0.4, -0.2) is 23.5 Å². The summed E-state index contributed by atoms with van der Waals surface area (Å²) in [6.45, 7) is 8.36. The minimum atomic E-state index is -0.105. The van der Waals surface area contributed by atoms with E-state index in [1.54, 1.807) is 0 Å². The Morgan fingerprint density at radius 1 is 1.29 bits per heavy atom. The van der Waals surface area contributed by atoms with E-state index in [4.69, 9.17) is 0 Å². The lowest BCUT2D eigenvalue weighted by atomic mass is 9.95. The Hall–Kier alpha value is -0.570. The maximum absolute atomic E-state index is 12.0. The molecule has 0 aliphatic heterocycles. The number of amides is 1. The summed E-state index contributed by atoms with van der Waals surface area (Å²) in [6, 6.07) is 0.303. The predicted octanol–water partition coefficient (Wildman–Crippen LogP) is 2.60. The second kappa shape index (κ2) is 6.39. The molecule has 0 aromatic carbocycles. The summed E-state index contributed by atoms with van der Waals surface area (Å²) in [5.41, 5.74) is 0.0311. The van der Waals surface area contributed by atoms with Gasteiger partial charge >= 0.3 is 0 Å². The van der Waals surface area contributed by atoms with Gasteiger partial charge < -0.3 is 10.6 Å². The van der Waals surface area contributed by atoms with Crippen molar-refractivity contribution in [2.45, 2.75) is 83.8 Å². The van der Waals surface area contributed by atoms with Gasteiger partial charge in [-0.3, -0.25) is 4.79 Å². The van der Waals surface area contributed by atoms with Crippen LogP contribution in [0.5, 0.6) is 0 Å². The third-order valence-corrected chi connectivity index (χ3v) is 3.84. The van der Waals surface area contributed by atoms with Crippen molar-refractivity contribution in [3.63, 3.8) is 0 Å². The molecule has 3 nitrogen and oxygen atoms in total. The number of nitrogens with one attached hydrogen (secondary N) is 2. The van der Waals surface area contributed by atoms with Crippen molar-refractivity contribution in [3.05, 3.63) is 0 Å². The van der Waals surface area contributed by atoms with Gasteiger partial charge in [0.25, 0.3) is 0 Å². The standard InChI is InChI=1S/C14H28N2O/c1-5-14(3,4)16-11(2)13(17)15-12-9-7-6-8-10-12/h11-12,16H,5-10H2,1-4H3,(H,15,17). The molecule has 3 heteroatoms. The maximum atomic E-state index is 12.0. The fourth-order valence-electron chi connectivity index (χ4n) is 2.33. The molecule has 1 atom stereocenters. The molecule has 1 rings (SSSR count). The normalized spacial score (nSPS) is 20.0. The van der Waals surface area contributed by atoms with Gasteiger partial charge in [0, 0.05) is 11.6 Å². The first-order chi connectivity index (χ1) is 7.94. The SMILES string of the molecule is CCC(C)(C)NC(C)C(=O)NC1CCCCC1. The van der Waals surface area contributed by atoms with Crippen molar-refractivity contribution in [1.82, 2.24) is 10.6 Å².